The predicted molar refractivity (Wildman–Crippen MR) is 115 cm³/mol. The number of rotatable bonds is 7. The number of amides is 1. The third-order valence-electron chi connectivity index (χ3n) is 4.66. The normalized spacial score (nSPS) is 12.7. The molecule has 0 unspecified atom stereocenters. The summed E-state index contributed by atoms with van der Waals surface area (Å²) >= 11 is 6.17. The van der Waals surface area contributed by atoms with Gasteiger partial charge in [0.1, 0.15) is 5.75 Å². The van der Waals surface area contributed by atoms with Gasteiger partial charge >= 0.3 is 6.09 Å². The van der Waals surface area contributed by atoms with E-state index < -0.39 is 11.6 Å². The van der Waals surface area contributed by atoms with E-state index in [1.54, 1.807) is 10.6 Å². The van der Waals surface area contributed by atoms with E-state index >= 15 is 0 Å². The van der Waals surface area contributed by atoms with E-state index in [2.05, 4.69) is 20.4 Å². The minimum atomic E-state index is -1.03. The van der Waals surface area contributed by atoms with Crippen molar-refractivity contribution in [1.82, 2.24) is 24.9 Å². The summed E-state index contributed by atoms with van der Waals surface area (Å²) in [5.41, 5.74) is 3.29. The molecular weight excluding hydrogens is 406 g/mol. The molecule has 0 aromatic carbocycles. The topological polar surface area (TPSA) is 102 Å². The quantitative estimate of drug-likeness (QED) is 0.570. The van der Waals surface area contributed by atoms with Gasteiger partial charge in [0, 0.05) is 11.1 Å². The van der Waals surface area contributed by atoms with Crippen molar-refractivity contribution >= 4 is 23.3 Å². The molecule has 2 N–H and O–H groups in total. The van der Waals surface area contributed by atoms with Gasteiger partial charge < -0.3 is 15.2 Å². The number of ether oxygens (including phenoxy) is 1. The van der Waals surface area contributed by atoms with Gasteiger partial charge in [-0.25, -0.2) is 19.3 Å². The summed E-state index contributed by atoms with van der Waals surface area (Å²) in [6.07, 6.45) is 1.44. The fraction of sp³-hybridized carbons (Fsp3) is 0.429. The molecule has 0 fully saturated rings. The van der Waals surface area contributed by atoms with Gasteiger partial charge in [0.2, 0.25) is 0 Å². The van der Waals surface area contributed by atoms with Gasteiger partial charge in [-0.3, -0.25) is 0 Å². The van der Waals surface area contributed by atoms with E-state index in [1.165, 1.54) is 0 Å². The van der Waals surface area contributed by atoms with Crippen LogP contribution in [0.5, 0.6) is 5.75 Å². The Balaban J connectivity index is 1.74. The number of nitrogens with one attached hydrogen (secondary N) is 1. The highest BCUT2D eigenvalue weighted by Gasteiger charge is 2.23. The van der Waals surface area contributed by atoms with E-state index in [1.807, 2.05) is 52.9 Å². The van der Waals surface area contributed by atoms with Gasteiger partial charge in [0.15, 0.2) is 10.8 Å². The van der Waals surface area contributed by atoms with Crippen molar-refractivity contribution in [3.05, 3.63) is 40.9 Å². The Hall–Kier alpha value is -2.87. The molecule has 3 aromatic rings. The molecule has 0 radical (unpaired) electrons. The zero-order chi connectivity index (χ0) is 22.1. The lowest BCUT2D eigenvalue weighted by Crippen LogP contribution is -2.44. The number of imidazole rings is 1. The van der Waals surface area contributed by atoms with Crippen LogP contribution in [0.1, 0.15) is 38.6 Å². The summed E-state index contributed by atoms with van der Waals surface area (Å²) in [6, 6.07) is 5.51. The summed E-state index contributed by atoms with van der Waals surface area (Å²) in [5.74, 6) is 0.836. The van der Waals surface area contributed by atoms with Gasteiger partial charge in [-0.15, -0.1) is 0 Å². The third kappa shape index (κ3) is 5.18. The van der Waals surface area contributed by atoms with Crippen LogP contribution in [-0.4, -0.2) is 42.9 Å². The highest BCUT2D eigenvalue weighted by atomic mass is 35.5. The Kier molecular flexibility index (Phi) is 6.17. The monoisotopic (exact) mass is 431 g/mol. The van der Waals surface area contributed by atoms with Crippen molar-refractivity contribution in [2.45, 2.75) is 46.6 Å². The Morgan fingerprint density at radius 1 is 1.33 bits per heavy atom. The number of hydrogen-bond donors (Lipinski definition) is 2. The van der Waals surface area contributed by atoms with E-state index in [0.717, 1.165) is 22.6 Å². The van der Waals surface area contributed by atoms with E-state index in [0.29, 0.717) is 29.6 Å². The van der Waals surface area contributed by atoms with Crippen LogP contribution in [0.25, 0.3) is 16.9 Å². The number of hydrogen-bond acceptors (Lipinski definition) is 5. The Morgan fingerprint density at radius 2 is 2.07 bits per heavy atom. The zero-order valence-corrected chi connectivity index (χ0v) is 18.5. The first-order chi connectivity index (χ1) is 14.0. The van der Waals surface area contributed by atoms with Crippen LogP contribution in [-0.2, 0) is 0 Å². The molecular formula is C21H26ClN5O3. The lowest BCUT2D eigenvalue weighted by molar-refractivity contribution is 0.169. The van der Waals surface area contributed by atoms with Gasteiger partial charge in [0.05, 0.1) is 29.9 Å². The second-order valence-corrected chi connectivity index (χ2v) is 8.63. The predicted octanol–water partition coefficient (Wildman–Crippen LogP) is 4.51. The third-order valence-corrected chi connectivity index (χ3v) is 4.84. The van der Waals surface area contributed by atoms with Crippen LogP contribution >= 0.6 is 11.6 Å². The molecule has 3 heterocycles. The number of nitrogens with zero attached hydrogens (tertiary/aromatic N) is 4. The summed E-state index contributed by atoms with van der Waals surface area (Å²) in [4.78, 5) is 20.1. The molecule has 1 atom stereocenters. The maximum atomic E-state index is 10.9. The molecule has 160 valence electrons. The van der Waals surface area contributed by atoms with Gasteiger partial charge in [0.25, 0.3) is 0 Å². The molecule has 30 heavy (non-hydrogen) atoms. The van der Waals surface area contributed by atoms with Crippen LogP contribution in [0.2, 0.25) is 5.15 Å². The van der Waals surface area contributed by atoms with E-state index in [-0.39, 0.29) is 5.92 Å². The van der Waals surface area contributed by atoms with E-state index in [4.69, 9.17) is 21.4 Å². The number of halogens is 1. The summed E-state index contributed by atoms with van der Waals surface area (Å²) < 4.78 is 7.61. The molecule has 0 aliphatic carbocycles. The van der Waals surface area contributed by atoms with Crippen molar-refractivity contribution < 1.29 is 14.6 Å². The van der Waals surface area contributed by atoms with Crippen LogP contribution in [0.15, 0.2) is 24.4 Å². The summed E-state index contributed by atoms with van der Waals surface area (Å²) in [5, 5.41) is 16.1. The first-order valence-electron chi connectivity index (χ1n) is 9.68. The number of aromatic nitrogens is 4. The summed E-state index contributed by atoms with van der Waals surface area (Å²) in [7, 11) is 0. The molecule has 0 aliphatic rings. The van der Waals surface area contributed by atoms with Gasteiger partial charge in [-0.1, -0.05) is 18.5 Å². The maximum absolute atomic E-state index is 10.9. The molecule has 1 amide bonds. The average molecular weight is 432 g/mol. The van der Waals surface area contributed by atoms with Crippen molar-refractivity contribution in [1.29, 1.82) is 0 Å². The SMILES string of the molecule is Cc1cn2nc(Cl)cc(-c3ccc(OC[C@@H](C)CC(C)(C)NC(=O)O)c(C)n3)c2n1. The van der Waals surface area contributed by atoms with Gasteiger partial charge in [-0.05, 0) is 58.2 Å². The van der Waals surface area contributed by atoms with Crippen molar-refractivity contribution in [3.63, 3.8) is 0 Å². The Labute approximate surface area is 180 Å². The molecule has 9 heteroatoms. The second-order valence-electron chi connectivity index (χ2n) is 8.25. The average Bonchev–Trinajstić information content (AvgIpc) is 2.98. The van der Waals surface area contributed by atoms with Crippen molar-refractivity contribution in [2.24, 2.45) is 5.92 Å². The van der Waals surface area contributed by atoms with Gasteiger partial charge in [-0.2, -0.15) is 5.10 Å². The number of pyridine rings is 1. The largest absolute Gasteiger partial charge is 0.491 e. The lowest BCUT2D eigenvalue weighted by Gasteiger charge is -2.28. The molecule has 8 nitrogen and oxygen atoms in total. The smallest absolute Gasteiger partial charge is 0.405 e. The molecule has 3 rings (SSSR count). The highest BCUT2D eigenvalue weighted by molar-refractivity contribution is 6.29. The Bertz CT molecular complexity index is 1080. The fourth-order valence-corrected chi connectivity index (χ4v) is 3.79. The first kappa shape index (κ1) is 21.8. The first-order valence-corrected chi connectivity index (χ1v) is 10.1. The fourth-order valence-electron chi connectivity index (χ4n) is 3.60. The highest BCUT2D eigenvalue weighted by Crippen LogP contribution is 2.28. The molecule has 3 aromatic heterocycles. The molecule has 0 saturated carbocycles. The molecule has 0 saturated heterocycles. The van der Waals surface area contributed by atoms with Crippen molar-refractivity contribution in [3.8, 4) is 17.0 Å². The maximum Gasteiger partial charge on any atom is 0.405 e. The van der Waals surface area contributed by atoms with Crippen molar-refractivity contribution in [2.75, 3.05) is 6.61 Å². The Morgan fingerprint density at radius 3 is 2.73 bits per heavy atom. The number of carboxylic acid groups (broad SMARTS) is 1. The standard InChI is InChI=1S/C21H26ClN5O3/c1-12(9-21(4,5)25-20(28)29)11-30-17-7-6-16(24-14(17)3)15-8-18(22)26-27-10-13(2)23-19(15)27/h6-8,10,12,25H,9,11H2,1-5H3,(H,28,29)/t12-/m0/s1. The van der Waals surface area contributed by atoms with Crippen LogP contribution in [0.3, 0.4) is 0 Å². The number of aryl methyl sites for hydroxylation is 2. The molecule has 0 aliphatic heterocycles. The van der Waals surface area contributed by atoms with Crippen LogP contribution in [0, 0.1) is 19.8 Å². The minimum Gasteiger partial charge on any atom is -0.491 e. The molecule has 0 bridgehead atoms. The minimum absolute atomic E-state index is 0.150. The second kappa shape index (κ2) is 8.47. The van der Waals surface area contributed by atoms with Crippen LogP contribution < -0.4 is 10.1 Å². The zero-order valence-electron chi connectivity index (χ0n) is 17.7. The van der Waals surface area contributed by atoms with E-state index in [9.17, 15) is 4.79 Å². The number of fused-ring (bicyclic) bond motifs is 1. The summed E-state index contributed by atoms with van der Waals surface area (Å²) in [6.45, 7) is 9.98. The lowest BCUT2D eigenvalue weighted by atomic mass is 9.92. The van der Waals surface area contributed by atoms with Crippen LogP contribution in [0.4, 0.5) is 4.79 Å². The number of carbonyl (C=O) groups is 1. The molecule has 0 spiro atoms.